The molecule has 1 aliphatic heterocycles. The van der Waals surface area contributed by atoms with E-state index in [2.05, 4.69) is 4.90 Å². The first-order chi connectivity index (χ1) is 9.16. The lowest BCUT2D eigenvalue weighted by atomic mass is 9.80. The van der Waals surface area contributed by atoms with Gasteiger partial charge in [-0.05, 0) is 31.7 Å². The van der Waals surface area contributed by atoms with E-state index in [0.29, 0.717) is 5.92 Å². The van der Waals surface area contributed by atoms with E-state index >= 15 is 0 Å². The zero-order chi connectivity index (χ0) is 13.7. The van der Waals surface area contributed by atoms with E-state index < -0.39 is 11.4 Å². The van der Waals surface area contributed by atoms with Crippen molar-refractivity contribution in [3.63, 3.8) is 0 Å². The van der Waals surface area contributed by atoms with Crippen molar-refractivity contribution in [3.05, 3.63) is 0 Å². The van der Waals surface area contributed by atoms with Crippen molar-refractivity contribution in [1.29, 1.82) is 0 Å². The maximum absolute atomic E-state index is 11.8. The molecule has 2 rings (SSSR count). The van der Waals surface area contributed by atoms with Crippen LogP contribution in [0.4, 0.5) is 0 Å². The fourth-order valence-electron chi connectivity index (χ4n) is 3.70. The van der Waals surface area contributed by atoms with Gasteiger partial charge in [-0.1, -0.05) is 25.7 Å². The largest absolute Gasteiger partial charge is 0.481 e. The van der Waals surface area contributed by atoms with Crippen LogP contribution in [0.1, 0.15) is 44.9 Å². The standard InChI is InChI=1S/C15H27NO3/c1-19-11-13-6-9-16(10-13)12-15(14(17)18)7-4-2-3-5-8-15/h13H,2-12H2,1H3,(H,17,18). The molecular weight excluding hydrogens is 242 g/mol. The van der Waals surface area contributed by atoms with Crippen LogP contribution in [0.15, 0.2) is 0 Å². The number of hydrogen-bond donors (Lipinski definition) is 1. The fourth-order valence-corrected chi connectivity index (χ4v) is 3.70. The second-order valence-corrected chi connectivity index (χ2v) is 6.34. The van der Waals surface area contributed by atoms with E-state index in [-0.39, 0.29) is 0 Å². The summed E-state index contributed by atoms with van der Waals surface area (Å²) >= 11 is 0. The van der Waals surface area contributed by atoms with Gasteiger partial charge >= 0.3 is 5.97 Å². The van der Waals surface area contributed by atoms with Gasteiger partial charge in [-0.2, -0.15) is 0 Å². The summed E-state index contributed by atoms with van der Waals surface area (Å²) in [7, 11) is 1.74. The van der Waals surface area contributed by atoms with Crippen molar-refractivity contribution in [2.75, 3.05) is 33.4 Å². The molecule has 0 amide bonds. The molecule has 0 bridgehead atoms. The van der Waals surface area contributed by atoms with E-state index in [1.54, 1.807) is 7.11 Å². The van der Waals surface area contributed by atoms with Crippen LogP contribution in [0.3, 0.4) is 0 Å². The monoisotopic (exact) mass is 269 g/mol. The molecule has 0 aromatic carbocycles. The number of nitrogens with zero attached hydrogens (tertiary/aromatic N) is 1. The van der Waals surface area contributed by atoms with Crippen molar-refractivity contribution in [2.24, 2.45) is 11.3 Å². The Bertz CT molecular complexity index is 298. The molecule has 1 atom stereocenters. The molecule has 1 saturated heterocycles. The minimum Gasteiger partial charge on any atom is -0.481 e. The first-order valence-corrected chi connectivity index (χ1v) is 7.61. The molecule has 1 N–H and O–H groups in total. The summed E-state index contributed by atoms with van der Waals surface area (Å²) in [4.78, 5) is 14.1. The minimum absolute atomic E-state index is 0.488. The maximum atomic E-state index is 11.8. The Balaban J connectivity index is 1.95. The van der Waals surface area contributed by atoms with E-state index in [9.17, 15) is 9.90 Å². The summed E-state index contributed by atoms with van der Waals surface area (Å²) in [6.07, 6.45) is 7.39. The van der Waals surface area contributed by atoms with Crippen LogP contribution in [0.5, 0.6) is 0 Å². The van der Waals surface area contributed by atoms with Gasteiger partial charge in [0.1, 0.15) is 0 Å². The lowest BCUT2D eigenvalue weighted by molar-refractivity contribution is -0.151. The zero-order valence-corrected chi connectivity index (χ0v) is 12.1. The van der Waals surface area contributed by atoms with Crippen LogP contribution in [-0.2, 0) is 9.53 Å². The molecule has 1 unspecified atom stereocenters. The van der Waals surface area contributed by atoms with Crippen molar-refractivity contribution < 1.29 is 14.6 Å². The Labute approximate surface area is 116 Å². The molecule has 0 radical (unpaired) electrons. The van der Waals surface area contributed by atoms with Gasteiger partial charge in [0, 0.05) is 20.2 Å². The van der Waals surface area contributed by atoms with Gasteiger partial charge < -0.3 is 14.7 Å². The molecule has 0 aromatic heterocycles. The summed E-state index contributed by atoms with van der Waals surface area (Å²) in [5.41, 5.74) is -0.488. The number of ether oxygens (including phenoxy) is 1. The first kappa shape index (κ1) is 14.8. The van der Waals surface area contributed by atoms with Crippen LogP contribution in [0, 0.1) is 11.3 Å². The molecule has 2 aliphatic rings. The summed E-state index contributed by atoms with van der Waals surface area (Å²) in [6.45, 7) is 3.57. The molecule has 1 aliphatic carbocycles. The van der Waals surface area contributed by atoms with Gasteiger partial charge in [0.15, 0.2) is 0 Å². The number of likely N-dealkylation sites (tertiary alicyclic amines) is 1. The van der Waals surface area contributed by atoms with E-state index in [0.717, 1.165) is 58.3 Å². The number of methoxy groups -OCH3 is 1. The molecule has 4 heteroatoms. The van der Waals surface area contributed by atoms with Crippen LogP contribution in [0.2, 0.25) is 0 Å². The highest BCUT2D eigenvalue weighted by Crippen LogP contribution is 2.37. The number of hydrogen-bond acceptors (Lipinski definition) is 3. The number of rotatable bonds is 5. The van der Waals surface area contributed by atoms with Crippen molar-refractivity contribution in [3.8, 4) is 0 Å². The van der Waals surface area contributed by atoms with Crippen molar-refractivity contribution in [2.45, 2.75) is 44.9 Å². The summed E-state index contributed by atoms with van der Waals surface area (Å²) in [6, 6.07) is 0. The second-order valence-electron chi connectivity index (χ2n) is 6.34. The Morgan fingerprint density at radius 3 is 2.58 bits per heavy atom. The Morgan fingerprint density at radius 1 is 1.32 bits per heavy atom. The smallest absolute Gasteiger partial charge is 0.310 e. The van der Waals surface area contributed by atoms with Crippen molar-refractivity contribution >= 4 is 5.97 Å². The Hall–Kier alpha value is -0.610. The summed E-state index contributed by atoms with van der Waals surface area (Å²) < 4.78 is 5.21. The van der Waals surface area contributed by atoms with Gasteiger partial charge in [-0.25, -0.2) is 0 Å². The van der Waals surface area contributed by atoms with Gasteiger partial charge in [0.2, 0.25) is 0 Å². The van der Waals surface area contributed by atoms with Crippen LogP contribution in [0.25, 0.3) is 0 Å². The lowest BCUT2D eigenvalue weighted by Crippen LogP contribution is -2.42. The number of carbonyl (C=O) groups is 1. The molecule has 1 saturated carbocycles. The molecular formula is C15H27NO3. The van der Waals surface area contributed by atoms with E-state index in [1.807, 2.05) is 0 Å². The minimum atomic E-state index is -0.579. The maximum Gasteiger partial charge on any atom is 0.310 e. The third-order valence-electron chi connectivity index (χ3n) is 4.81. The quantitative estimate of drug-likeness (QED) is 0.779. The van der Waals surface area contributed by atoms with Crippen LogP contribution >= 0.6 is 0 Å². The highest BCUT2D eigenvalue weighted by molar-refractivity contribution is 5.75. The fraction of sp³-hybridized carbons (Fsp3) is 0.933. The SMILES string of the molecule is COCC1CCN(CC2(C(=O)O)CCCCCC2)C1. The molecule has 0 aromatic rings. The summed E-state index contributed by atoms with van der Waals surface area (Å²) in [5, 5.41) is 9.69. The Morgan fingerprint density at radius 2 is 2.00 bits per heavy atom. The van der Waals surface area contributed by atoms with Crippen LogP contribution < -0.4 is 0 Å². The zero-order valence-electron chi connectivity index (χ0n) is 12.1. The average molecular weight is 269 g/mol. The first-order valence-electron chi connectivity index (χ1n) is 7.61. The third-order valence-corrected chi connectivity index (χ3v) is 4.81. The highest BCUT2D eigenvalue weighted by Gasteiger charge is 2.41. The number of carboxylic acids is 1. The average Bonchev–Trinajstić information content (AvgIpc) is 2.66. The van der Waals surface area contributed by atoms with E-state index in [1.165, 1.54) is 12.8 Å². The predicted molar refractivity (Wildman–Crippen MR) is 74.2 cm³/mol. The number of carboxylic acid groups (broad SMARTS) is 1. The normalized spacial score (nSPS) is 28.2. The highest BCUT2D eigenvalue weighted by atomic mass is 16.5. The van der Waals surface area contributed by atoms with Gasteiger partial charge in [0.05, 0.1) is 12.0 Å². The summed E-state index contributed by atoms with van der Waals surface area (Å²) in [5.74, 6) is 0.00575. The lowest BCUT2D eigenvalue weighted by Gasteiger charge is -2.32. The molecule has 0 spiro atoms. The Kier molecular flexibility index (Phi) is 5.22. The van der Waals surface area contributed by atoms with Gasteiger partial charge in [0.25, 0.3) is 0 Å². The molecule has 2 fully saturated rings. The molecule has 19 heavy (non-hydrogen) atoms. The second kappa shape index (κ2) is 6.71. The van der Waals surface area contributed by atoms with Crippen LogP contribution in [-0.4, -0.2) is 49.3 Å². The van der Waals surface area contributed by atoms with E-state index in [4.69, 9.17) is 4.74 Å². The predicted octanol–water partition coefficient (Wildman–Crippen LogP) is 2.38. The van der Waals surface area contributed by atoms with Gasteiger partial charge in [-0.3, -0.25) is 4.79 Å². The third kappa shape index (κ3) is 3.69. The molecule has 1 heterocycles. The topological polar surface area (TPSA) is 49.8 Å². The number of aliphatic carboxylic acids is 1. The molecule has 110 valence electrons. The van der Waals surface area contributed by atoms with Crippen molar-refractivity contribution in [1.82, 2.24) is 4.90 Å². The van der Waals surface area contributed by atoms with Gasteiger partial charge in [-0.15, -0.1) is 0 Å². The molecule has 4 nitrogen and oxygen atoms in total.